The Morgan fingerprint density at radius 2 is 2.00 bits per heavy atom. The second-order valence-corrected chi connectivity index (χ2v) is 4.05. The van der Waals surface area contributed by atoms with Gasteiger partial charge in [0.2, 0.25) is 0 Å². The van der Waals surface area contributed by atoms with E-state index in [2.05, 4.69) is 5.32 Å². The summed E-state index contributed by atoms with van der Waals surface area (Å²) in [5.74, 6) is 0.383. The van der Waals surface area contributed by atoms with Gasteiger partial charge < -0.3 is 5.32 Å². The van der Waals surface area contributed by atoms with Crippen LogP contribution >= 0.6 is 0 Å². The van der Waals surface area contributed by atoms with Crippen LogP contribution in [0.3, 0.4) is 0 Å². The van der Waals surface area contributed by atoms with Crippen LogP contribution in [0.1, 0.15) is 29.9 Å². The second kappa shape index (κ2) is 4.09. The zero-order valence-corrected chi connectivity index (χ0v) is 8.52. The van der Waals surface area contributed by atoms with E-state index in [0.29, 0.717) is 5.92 Å². The van der Waals surface area contributed by atoms with E-state index in [1.807, 2.05) is 19.1 Å². The Morgan fingerprint density at radius 1 is 1.29 bits per heavy atom. The topological polar surface area (TPSA) is 12.0 Å². The van der Waals surface area contributed by atoms with Crippen molar-refractivity contribution in [3.8, 4) is 0 Å². The van der Waals surface area contributed by atoms with Crippen LogP contribution in [0.15, 0.2) is 18.2 Å². The lowest BCUT2D eigenvalue weighted by Gasteiger charge is -2.23. The van der Waals surface area contributed by atoms with Gasteiger partial charge in [0.15, 0.2) is 0 Å². The minimum Gasteiger partial charge on any atom is -0.317 e. The van der Waals surface area contributed by atoms with Crippen LogP contribution in [0.2, 0.25) is 0 Å². The van der Waals surface area contributed by atoms with E-state index in [-0.39, 0.29) is 5.82 Å². The quantitative estimate of drug-likeness (QED) is 0.723. The lowest BCUT2D eigenvalue weighted by atomic mass is 9.89. The van der Waals surface area contributed by atoms with E-state index in [1.165, 1.54) is 0 Å². The van der Waals surface area contributed by atoms with Crippen molar-refractivity contribution in [3.63, 3.8) is 0 Å². The normalized spacial score (nSPS) is 18.4. The molecule has 2 heteroatoms. The average Bonchev–Trinajstić information content (AvgIpc) is 2.19. The predicted octanol–water partition coefficient (Wildman–Crippen LogP) is 2.60. The van der Waals surface area contributed by atoms with Crippen LogP contribution in [0.25, 0.3) is 0 Å². The van der Waals surface area contributed by atoms with E-state index >= 15 is 0 Å². The van der Waals surface area contributed by atoms with Crippen LogP contribution in [0.4, 0.5) is 4.39 Å². The molecule has 0 atom stereocenters. The van der Waals surface area contributed by atoms with E-state index in [9.17, 15) is 4.39 Å². The molecule has 0 bridgehead atoms. The summed E-state index contributed by atoms with van der Waals surface area (Å²) in [5, 5.41) is 3.29. The van der Waals surface area contributed by atoms with Crippen molar-refractivity contribution in [1.82, 2.24) is 5.32 Å². The van der Waals surface area contributed by atoms with Gasteiger partial charge in [0.25, 0.3) is 0 Å². The molecule has 2 rings (SSSR count). The second-order valence-electron chi connectivity index (χ2n) is 4.05. The van der Waals surface area contributed by atoms with Gasteiger partial charge in [-0.3, -0.25) is 0 Å². The molecule has 0 saturated carbocycles. The van der Waals surface area contributed by atoms with E-state index in [1.54, 1.807) is 6.07 Å². The number of benzene rings is 1. The molecule has 76 valence electrons. The molecule has 1 nitrogen and oxygen atoms in total. The zero-order valence-electron chi connectivity index (χ0n) is 8.52. The largest absolute Gasteiger partial charge is 0.317 e. The molecule has 1 N–H and O–H groups in total. The number of rotatable bonds is 1. The standard InChI is InChI=1S/C12H16FN/c1-9-2-3-11(12(13)8-9)10-4-6-14-7-5-10/h2-3,8,10,14H,4-7H2,1H3. The van der Waals surface area contributed by atoms with Gasteiger partial charge in [-0.2, -0.15) is 0 Å². The van der Waals surface area contributed by atoms with Crippen LogP contribution in [-0.4, -0.2) is 13.1 Å². The van der Waals surface area contributed by atoms with Crippen molar-refractivity contribution >= 4 is 0 Å². The molecule has 1 aromatic rings. The van der Waals surface area contributed by atoms with Crippen molar-refractivity contribution < 1.29 is 4.39 Å². The average molecular weight is 193 g/mol. The van der Waals surface area contributed by atoms with Crippen LogP contribution in [-0.2, 0) is 0 Å². The van der Waals surface area contributed by atoms with Crippen LogP contribution in [0, 0.1) is 12.7 Å². The number of halogens is 1. The first-order valence-corrected chi connectivity index (χ1v) is 5.24. The molecule has 1 heterocycles. The minimum absolute atomic E-state index is 0.0306. The van der Waals surface area contributed by atoms with Crippen LogP contribution < -0.4 is 5.32 Å². The van der Waals surface area contributed by atoms with Crippen molar-refractivity contribution in [2.24, 2.45) is 0 Å². The molecule has 0 aliphatic carbocycles. The minimum atomic E-state index is -0.0306. The smallest absolute Gasteiger partial charge is 0.126 e. The summed E-state index contributed by atoms with van der Waals surface area (Å²) in [5.41, 5.74) is 1.90. The van der Waals surface area contributed by atoms with Crippen molar-refractivity contribution in [1.29, 1.82) is 0 Å². The lowest BCUT2D eigenvalue weighted by molar-refractivity contribution is 0.445. The molecular weight excluding hydrogens is 177 g/mol. The fourth-order valence-electron chi connectivity index (χ4n) is 2.10. The molecule has 1 fully saturated rings. The van der Waals surface area contributed by atoms with Gasteiger partial charge in [-0.25, -0.2) is 4.39 Å². The van der Waals surface area contributed by atoms with Gasteiger partial charge in [-0.1, -0.05) is 12.1 Å². The molecule has 1 saturated heterocycles. The van der Waals surface area contributed by atoms with Gasteiger partial charge in [0.1, 0.15) is 5.82 Å². The maximum atomic E-state index is 13.6. The fourth-order valence-corrected chi connectivity index (χ4v) is 2.10. The summed E-state index contributed by atoms with van der Waals surface area (Å²) < 4.78 is 13.6. The Hall–Kier alpha value is -0.890. The summed E-state index contributed by atoms with van der Waals surface area (Å²) in [6.45, 7) is 3.95. The SMILES string of the molecule is Cc1ccc(C2CCNCC2)c(F)c1. The van der Waals surface area contributed by atoms with Gasteiger partial charge in [-0.05, 0) is 56.0 Å². The summed E-state index contributed by atoms with van der Waals surface area (Å²) in [4.78, 5) is 0. The lowest BCUT2D eigenvalue weighted by Crippen LogP contribution is -2.27. The molecule has 14 heavy (non-hydrogen) atoms. The molecule has 1 aromatic carbocycles. The third-order valence-corrected chi connectivity index (χ3v) is 2.93. The highest BCUT2D eigenvalue weighted by Crippen LogP contribution is 2.27. The Morgan fingerprint density at radius 3 is 2.64 bits per heavy atom. The fraction of sp³-hybridized carbons (Fsp3) is 0.500. The van der Waals surface area contributed by atoms with Gasteiger partial charge >= 0.3 is 0 Å². The van der Waals surface area contributed by atoms with Crippen molar-refractivity contribution in [3.05, 3.63) is 35.1 Å². The Kier molecular flexibility index (Phi) is 2.82. The molecule has 0 spiro atoms. The first-order chi connectivity index (χ1) is 6.77. The van der Waals surface area contributed by atoms with Crippen molar-refractivity contribution in [2.45, 2.75) is 25.7 Å². The molecule has 1 aliphatic rings. The van der Waals surface area contributed by atoms with E-state index in [0.717, 1.165) is 37.1 Å². The molecule has 1 aliphatic heterocycles. The van der Waals surface area contributed by atoms with Crippen molar-refractivity contribution in [2.75, 3.05) is 13.1 Å². The number of aryl methyl sites for hydroxylation is 1. The highest BCUT2D eigenvalue weighted by Gasteiger charge is 2.17. The molecule has 0 amide bonds. The van der Waals surface area contributed by atoms with Gasteiger partial charge in [0.05, 0.1) is 0 Å². The predicted molar refractivity (Wildman–Crippen MR) is 56.0 cm³/mol. The maximum Gasteiger partial charge on any atom is 0.126 e. The Bertz CT molecular complexity index is 316. The first-order valence-electron chi connectivity index (χ1n) is 5.24. The van der Waals surface area contributed by atoms with Gasteiger partial charge in [-0.15, -0.1) is 0 Å². The summed E-state index contributed by atoms with van der Waals surface area (Å²) in [6, 6.07) is 5.58. The molecule has 0 aromatic heterocycles. The highest BCUT2D eigenvalue weighted by atomic mass is 19.1. The summed E-state index contributed by atoms with van der Waals surface area (Å²) in [7, 11) is 0. The third-order valence-electron chi connectivity index (χ3n) is 2.93. The molecular formula is C12H16FN. The Labute approximate surface area is 84.3 Å². The number of nitrogens with one attached hydrogen (secondary N) is 1. The highest BCUT2D eigenvalue weighted by molar-refractivity contribution is 5.26. The number of hydrogen-bond acceptors (Lipinski definition) is 1. The Balaban J connectivity index is 2.22. The van der Waals surface area contributed by atoms with Gasteiger partial charge in [0, 0.05) is 0 Å². The van der Waals surface area contributed by atoms with Crippen LogP contribution in [0.5, 0.6) is 0 Å². The summed E-state index contributed by atoms with van der Waals surface area (Å²) in [6.07, 6.45) is 2.11. The first kappa shape index (κ1) is 9.66. The maximum absolute atomic E-state index is 13.6. The number of hydrogen-bond donors (Lipinski definition) is 1. The summed E-state index contributed by atoms with van der Waals surface area (Å²) >= 11 is 0. The molecule has 0 unspecified atom stereocenters. The third kappa shape index (κ3) is 1.95. The van der Waals surface area contributed by atoms with E-state index < -0.39 is 0 Å². The zero-order chi connectivity index (χ0) is 9.97. The monoisotopic (exact) mass is 193 g/mol. The number of piperidine rings is 1. The van der Waals surface area contributed by atoms with E-state index in [4.69, 9.17) is 0 Å². The molecule has 0 radical (unpaired) electrons.